The molecule has 0 aliphatic heterocycles. The van der Waals surface area contributed by atoms with E-state index in [1.54, 1.807) is 0 Å². The van der Waals surface area contributed by atoms with E-state index < -0.39 is 0 Å². The van der Waals surface area contributed by atoms with Crippen LogP contribution in [0.25, 0.3) is 86.3 Å². The molecule has 0 saturated carbocycles. The van der Waals surface area contributed by atoms with Gasteiger partial charge in [-0.1, -0.05) is 152 Å². The molecule has 11 aromatic rings. The first kappa shape index (κ1) is 31.6. The normalized spacial score (nSPS) is 11.6. The highest BCUT2D eigenvalue weighted by molar-refractivity contribution is 7.25. The van der Waals surface area contributed by atoms with Crippen molar-refractivity contribution in [2.75, 3.05) is 4.90 Å². The van der Waals surface area contributed by atoms with Crippen LogP contribution in [0.4, 0.5) is 17.1 Å². The van der Waals surface area contributed by atoms with Gasteiger partial charge >= 0.3 is 0 Å². The first-order valence-corrected chi connectivity index (χ1v) is 19.5. The van der Waals surface area contributed by atoms with Crippen molar-refractivity contribution in [2.45, 2.75) is 0 Å². The molecule has 0 spiro atoms. The molecule has 55 heavy (non-hydrogen) atoms. The third kappa shape index (κ3) is 5.16. The van der Waals surface area contributed by atoms with E-state index >= 15 is 0 Å². The molecule has 3 heteroatoms. The van der Waals surface area contributed by atoms with E-state index in [0.29, 0.717) is 0 Å². The zero-order valence-electron chi connectivity index (χ0n) is 29.8. The van der Waals surface area contributed by atoms with E-state index in [-0.39, 0.29) is 0 Å². The van der Waals surface area contributed by atoms with Crippen LogP contribution in [0.2, 0.25) is 0 Å². The molecular weight excluding hydrogens is 687 g/mol. The number of anilines is 3. The fourth-order valence-electron chi connectivity index (χ4n) is 8.49. The SMILES string of the molecule is c1cc(-c2cccc3sc4ccccc4c23)cc(N(c2ccccc2-c2cccc3ccccc23)c2ccccc2-c2cccc3oc4ccccc4c23)c1. The van der Waals surface area contributed by atoms with Gasteiger partial charge in [-0.2, -0.15) is 0 Å². The summed E-state index contributed by atoms with van der Waals surface area (Å²) in [5.74, 6) is 0. The number of furan rings is 1. The summed E-state index contributed by atoms with van der Waals surface area (Å²) in [5.41, 5.74) is 12.1. The Kier molecular flexibility index (Phi) is 7.39. The Morgan fingerprint density at radius 3 is 1.80 bits per heavy atom. The molecule has 0 atom stereocenters. The standard InChI is InChI=1S/C52H33NOS/c1-2-19-37-34(15-1)16-12-25-39(37)40-20-3-7-27-45(40)53(36-18-11-17-35(33-36)38-24-14-32-50-52(38)44-23-6-10-31-49(44)55-50)46-28-8-4-21-41(46)42-26-13-30-48-51(42)43-22-5-9-29-47(43)54-48/h1-33H. The number of rotatable bonds is 6. The number of hydrogen-bond acceptors (Lipinski definition) is 3. The number of thiophene rings is 1. The van der Waals surface area contributed by atoms with Crippen molar-refractivity contribution in [1.29, 1.82) is 0 Å². The van der Waals surface area contributed by atoms with Gasteiger partial charge in [0.05, 0.1) is 11.4 Å². The van der Waals surface area contributed by atoms with Gasteiger partial charge < -0.3 is 9.32 Å². The van der Waals surface area contributed by atoms with E-state index in [1.165, 1.54) is 47.6 Å². The first-order chi connectivity index (χ1) is 27.3. The van der Waals surface area contributed by atoms with Gasteiger partial charge in [0.25, 0.3) is 0 Å². The minimum atomic E-state index is 0.884. The van der Waals surface area contributed by atoms with Gasteiger partial charge in [0.1, 0.15) is 11.2 Å². The second kappa shape index (κ2) is 12.9. The Balaban J connectivity index is 1.19. The molecule has 0 N–H and O–H groups in total. The van der Waals surface area contributed by atoms with Gasteiger partial charge in [-0.3, -0.25) is 0 Å². The lowest BCUT2D eigenvalue weighted by atomic mass is 9.94. The molecule has 11 rings (SSSR count). The molecule has 2 aromatic heterocycles. The largest absolute Gasteiger partial charge is 0.456 e. The average molecular weight is 720 g/mol. The molecule has 2 nitrogen and oxygen atoms in total. The lowest BCUT2D eigenvalue weighted by molar-refractivity contribution is 0.669. The molecule has 258 valence electrons. The van der Waals surface area contributed by atoms with Gasteiger partial charge in [-0.15, -0.1) is 11.3 Å². The average Bonchev–Trinajstić information content (AvgIpc) is 3.83. The molecular formula is C52H33NOS. The van der Waals surface area contributed by atoms with Gasteiger partial charge in [0, 0.05) is 47.8 Å². The molecule has 0 amide bonds. The number of para-hydroxylation sites is 3. The van der Waals surface area contributed by atoms with E-state index in [9.17, 15) is 0 Å². The fourth-order valence-corrected chi connectivity index (χ4v) is 9.62. The first-order valence-electron chi connectivity index (χ1n) is 18.7. The van der Waals surface area contributed by atoms with Crippen LogP contribution in [0.3, 0.4) is 0 Å². The van der Waals surface area contributed by atoms with Crippen LogP contribution >= 0.6 is 11.3 Å². The summed E-state index contributed by atoms with van der Waals surface area (Å²) in [7, 11) is 0. The van der Waals surface area contributed by atoms with Gasteiger partial charge in [-0.05, 0) is 81.6 Å². The van der Waals surface area contributed by atoms with E-state index in [2.05, 4.69) is 199 Å². The summed E-state index contributed by atoms with van der Waals surface area (Å²) in [6.07, 6.45) is 0. The summed E-state index contributed by atoms with van der Waals surface area (Å²) in [5, 5.41) is 7.29. The third-order valence-corrected chi connectivity index (χ3v) is 12.0. The molecule has 0 aliphatic rings. The maximum Gasteiger partial charge on any atom is 0.136 e. The van der Waals surface area contributed by atoms with Crippen LogP contribution < -0.4 is 4.90 Å². The van der Waals surface area contributed by atoms with Crippen molar-refractivity contribution in [3.63, 3.8) is 0 Å². The number of benzene rings is 9. The van der Waals surface area contributed by atoms with Crippen molar-refractivity contribution in [1.82, 2.24) is 0 Å². The van der Waals surface area contributed by atoms with Crippen LogP contribution in [0.1, 0.15) is 0 Å². The lowest BCUT2D eigenvalue weighted by Gasteiger charge is -2.30. The molecule has 0 unspecified atom stereocenters. The Bertz CT molecular complexity index is 3240. The predicted molar refractivity (Wildman–Crippen MR) is 235 cm³/mol. The Morgan fingerprint density at radius 2 is 0.927 bits per heavy atom. The molecule has 0 saturated heterocycles. The van der Waals surface area contributed by atoms with Crippen molar-refractivity contribution in [3.8, 4) is 33.4 Å². The summed E-state index contributed by atoms with van der Waals surface area (Å²) in [4.78, 5) is 2.46. The van der Waals surface area contributed by atoms with E-state index in [0.717, 1.165) is 55.7 Å². The minimum absolute atomic E-state index is 0.884. The Labute approximate surface area is 322 Å². The summed E-state index contributed by atoms with van der Waals surface area (Å²) in [6, 6.07) is 72.3. The highest BCUT2D eigenvalue weighted by Crippen LogP contribution is 2.49. The number of fused-ring (bicyclic) bond motifs is 7. The van der Waals surface area contributed by atoms with Crippen LogP contribution in [0.5, 0.6) is 0 Å². The van der Waals surface area contributed by atoms with Crippen LogP contribution in [-0.2, 0) is 0 Å². The van der Waals surface area contributed by atoms with Gasteiger partial charge in [-0.25, -0.2) is 0 Å². The molecule has 0 fully saturated rings. The van der Waals surface area contributed by atoms with Gasteiger partial charge in [0.2, 0.25) is 0 Å². The van der Waals surface area contributed by atoms with Crippen LogP contribution in [0.15, 0.2) is 205 Å². The Morgan fingerprint density at radius 1 is 0.364 bits per heavy atom. The predicted octanol–water partition coefficient (Wildman–Crippen LogP) is 15.6. The molecule has 0 radical (unpaired) electrons. The lowest BCUT2D eigenvalue weighted by Crippen LogP contribution is -2.12. The maximum atomic E-state index is 6.41. The fraction of sp³-hybridized carbons (Fsp3) is 0. The Hall–Kier alpha value is -6.94. The summed E-state index contributed by atoms with van der Waals surface area (Å²) >= 11 is 1.86. The topological polar surface area (TPSA) is 16.4 Å². The minimum Gasteiger partial charge on any atom is -0.456 e. The third-order valence-electron chi connectivity index (χ3n) is 10.9. The monoisotopic (exact) mass is 719 g/mol. The van der Waals surface area contributed by atoms with Crippen molar-refractivity contribution >= 4 is 81.3 Å². The maximum absolute atomic E-state index is 6.41. The highest BCUT2D eigenvalue weighted by Gasteiger charge is 2.23. The van der Waals surface area contributed by atoms with Crippen molar-refractivity contribution in [2.24, 2.45) is 0 Å². The highest BCUT2D eigenvalue weighted by atomic mass is 32.1. The van der Waals surface area contributed by atoms with Crippen molar-refractivity contribution < 1.29 is 4.42 Å². The second-order valence-corrected chi connectivity index (χ2v) is 15.1. The molecule has 0 bridgehead atoms. The zero-order chi connectivity index (χ0) is 36.3. The van der Waals surface area contributed by atoms with Crippen molar-refractivity contribution in [3.05, 3.63) is 200 Å². The van der Waals surface area contributed by atoms with Crippen LogP contribution in [0, 0.1) is 0 Å². The van der Waals surface area contributed by atoms with E-state index in [4.69, 9.17) is 4.42 Å². The molecule has 9 aromatic carbocycles. The summed E-state index contributed by atoms with van der Waals surface area (Å²) < 4.78 is 9.02. The van der Waals surface area contributed by atoms with E-state index in [1.807, 2.05) is 17.4 Å². The number of hydrogen-bond donors (Lipinski definition) is 0. The second-order valence-electron chi connectivity index (χ2n) is 14.0. The molecule has 0 aliphatic carbocycles. The quantitative estimate of drug-likeness (QED) is 0.170. The van der Waals surface area contributed by atoms with Gasteiger partial charge in [0.15, 0.2) is 0 Å². The summed E-state index contributed by atoms with van der Waals surface area (Å²) in [6.45, 7) is 0. The smallest absolute Gasteiger partial charge is 0.136 e. The zero-order valence-corrected chi connectivity index (χ0v) is 30.6. The molecule has 2 heterocycles. The van der Waals surface area contributed by atoms with Crippen LogP contribution in [-0.4, -0.2) is 0 Å². The number of nitrogens with zero attached hydrogens (tertiary/aromatic N) is 1.